The minimum Gasteiger partial charge on any atom is -0.497 e. The van der Waals surface area contributed by atoms with Crippen molar-refractivity contribution < 1.29 is 14.3 Å². The molecule has 0 aliphatic heterocycles. The quantitative estimate of drug-likeness (QED) is 0.629. The van der Waals surface area contributed by atoms with Crippen molar-refractivity contribution >= 4 is 35.2 Å². The molecule has 0 atom stereocenters. The van der Waals surface area contributed by atoms with Crippen molar-refractivity contribution in [1.29, 1.82) is 0 Å². The summed E-state index contributed by atoms with van der Waals surface area (Å²) in [5, 5.41) is 7.67. The summed E-state index contributed by atoms with van der Waals surface area (Å²) in [5.74, 6) is 0.111. The number of anilines is 1. The lowest BCUT2D eigenvalue weighted by molar-refractivity contribution is -0.129. The Morgan fingerprint density at radius 1 is 1.31 bits per heavy atom. The van der Waals surface area contributed by atoms with Crippen LogP contribution in [-0.4, -0.2) is 47.2 Å². The van der Waals surface area contributed by atoms with E-state index in [0.29, 0.717) is 22.2 Å². The van der Waals surface area contributed by atoms with Crippen LogP contribution in [0.3, 0.4) is 0 Å². The van der Waals surface area contributed by atoms with Crippen LogP contribution >= 0.6 is 11.6 Å². The highest BCUT2D eigenvalue weighted by Gasteiger charge is 2.14. The number of likely N-dealkylation sites (N-methyl/N-ethyl adjacent to an activating group) is 1. The van der Waals surface area contributed by atoms with Gasteiger partial charge in [-0.15, -0.1) is 0 Å². The Bertz CT molecular complexity index is 875. The molecular formula is C21H27ClN4O3. The summed E-state index contributed by atoms with van der Waals surface area (Å²) in [6.45, 7) is 4.62. The Balaban J connectivity index is 1.94. The molecule has 2 rings (SSSR count). The molecule has 0 saturated carbocycles. The third-order valence-electron chi connectivity index (χ3n) is 4.36. The third kappa shape index (κ3) is 6.35. The van der Waals surface area contributed by atoms with Gasteiger partial charge in [0.25, 0.3) is 0 Å². The summed E-state index contributed by atoms with van der Waals surface area (Å²) in [6.07, 6.45) is 5.07. The largest absolute Gasteiger partial charge is 0.497 e. The highest BCUT2D eigenvalue weighted by Crippen LogP contribution is 2.22. The van der Waals surface area contributed by atoms with E-state index < -0.39 is 0 Å². The van der Waals surface area contributed by atoms with E-state index in [1.165, 1.54) is 11.0 Å². The van der Waals surface area contributed by atoms with Gasteiger partial charge in [-0.1, -0.05) is 24.9 Å². The third-order valence-corrected chi connectivity index (χ3v) is 4.75. The highest BCUT2D eigenvalue weighted by atomic mass is 35.5. The predicted molar refractivity (Wildman–Crippen MR) is 115 cm³/mol. The van der Waals surface area contributed by atoms with Crippen LogP contribution in [0.5, 0.6) is 5.75 Å². The fourth-order valence-corrected chi connectivity index (χ4v) is 2.98. The van der Waals surface area contributed by atoms with Crippen LogP contribution < -0.4 is 10.1 Å². The second-order valence-electron chi connectivity index (χ2n) is 6.67. The Kier molecular flexibility index (Phi) is 8.27. The smallest absolute Gasteiger partial charge is 0.246 e. The maximum absolute atomic E-state index is 12.4. The van der Waals surface area contributed by atoms with Crippen LogP contribution in [0.25, 0.3) is 6.08 Å². The summed E-state index contributed by atoms with van der Waals surface area (Å²) in [6, 6.07) is 6.97. The first-order valence-corrected chi connectivity index (χ1v) is 9.83. The van der Waals surface area contributed by atoms with E-state index in [4.69, 9.17) is 16.3 Å². The number of benzene rings is 1. The van der Waals surface area contributed by atoms with Crippen LogP contribution in [0.4, 0.5) is 5.69 Å². The maximum atomic E-state index is 12.4. The van der Waals surface area contributed by atoms with Gasteiger partial charge < -0.3 is 15.0 Å². The van der Waals surface area contributed by atoms with Crippen LogP contribution in [0.15, 0.2) is 30.3 Å². The highest BCUT2D eigenvalue weighted by molar-refractivity contribution is 6.31. The minimum absolute atomic E-state index is 0.0717. The van der Waals surface area contributed by atoms with E-state index in [-0.39, 0.29) is 18.4 Å². The van der Waals surface area contributed by atoms with E-state index in [0.717, 1.165) is 25.1 Å². The standard InChI is InChI=1S/C21H27ClN4O3/c1-5-6-13-26-21(22)18(15(2)24-26)11-12-20(28)25(3)14-19(27)23-16-7-9-17(29-4)10-8-16/h7-12H,5-6,13-14H2,1-4H3,(H,23,27)/b12-11+. The summed E-state index contributed by atoms with van der Waals surface area (Å²) in [5.41, 5.74) is 2.11. The second kappa shape index (κ2) is 10.7. The van der Waals surface area contributed by atoms with Crippen LogP contribution in [0.2, 0.25) is 5.15 Å². The Morgan fingerprint density at radius 2 is 2.00 bits per heavy atom. The molecule has 7 nitrogen and oxygen atoms in total. The van der Waals surface area contributed by atoms with Crippen molar-refractivity contribution in [3.05, 3.63) is 46.8 Å². The fraction of sp³-hybridized carbons (Fsp3) is 0.381. The molecule has 0 bridgehead atoms. The first kappa shape index (κ1) is 22.5. The average molecular weight is 419 g/mol. The summed E-state index contributed by atoms with van der Waals surface area (Å²) in [4.78, 5) is 25.9. The molecule has 156 valence electrons. The van der Waals surface area contributed by atoms with Crippen molar-refractivity contribution in [2.24, 2.45) is 0 Å². The lowest BCUT2D eigenvalue weighted by Gasteiger charge is -2.15. The van der Waals surface area contributed by atoms with Crippen molar-refractivity contribution in [2.45, 2.75) is 33.2 Å². The van der Waals surface area contributed by atoms with E-state index in [9.17, 15) is 9.59 Å². The Labute approximate surface area is 176 Å². The zero-order valence-electron chi connectivity index (χ0n) is 17.2. The number of hydrogen-bond acceptors (Lipinski definition) is 4. The van der Waals surface area contributed by atoms with E-state index in [1.807, 2.05) is 6.92 Å². The number of nitrogens with zero attached hydrogens (tertiary/aromatic N) is 3. The number of rotatable bonds is 9. The van der Waals surface area contributed by atoms with Crippen LogP contribution in [-0.2, 0) is 16.1 Å². The number of nitrogens with one attached hydrogen (secondary N) is 1. The first-order chi connectivity index (χ1) is 13.8. The molecule has 0 fully saturated rings. The number of aromatic nitrogens is 2. The molecule has 2 aromatic rings. The van der Waals surface area contributed by atoms with Gasteiger partial charge in [0.15, 0.2) is 0 Å². The molecule has 29 heavy (non-hydrogen) atoms. The monoisotopic (exact) mass is 418 g/mol. The fourth-order valence-electron chi connectivity index (χ4n) is 2.66. The first-order valence-electron chi connectivity index (χ1n) is 9.45. The van der Waals surface area contributed by atoms with Gasteiger partial charge >= 0.3 is 0 Å². The summed E-state index contributed by atoms with van der Waals surface area (Å²) in [7, 11) is 3.14. The van der Waals surface area contributed by atoms with Crippen molar-refractivity contribution in [3.63, 3.8) is 0 Å². The molecule has 2 amide bonds. The lowest BCUT2D eigenvalue weighted by atomic mass is 10.2. The number of methoxy groups -OCH3 is 1. The molecule has 0 radical (unpaired) electrons. The number of hydrogen-bond donors (Lipinski definition) is 1. The van der Waals surface area contributed by atoms with E-state index in [1.54, 1.807) is 49.2 Å². The number of aryl methyl sites for hydroxylation is 2. The number of unbranched alkanes of at least 4 members (excludes halogenated alkanes) is 1. The Morgan fingerprint density at radius 3 is 2.62 bits per heavy atom. The topological polar surface area (TPSA) is 76.5 Å². The molecule has 0 spiro atoms. The van der Waals surface area contributed by atoms with E-state index >= 15 is 0 Å². The molecule has 0 aliphatic carbocycles. The van der Waals surface area contributed by atoms with Gasteiger partial charge in [0, 0.05) is 30.9 Å². The number of carbonyl (C=O) groups is 2. The normalized spacial score (nSPS) is 10.9. The van der Waals surface area contributed by atoms with Crippen LogP contribution in [0, 0.1) is 6.92 Å². The molecule has 0 aliphatic rings. The van der Waals surface area contributed by atoms with Gasteiger partial charge in [-0.25, -0.2) is 0 Å². The molecular weight excluding hydrogens is 392 g/mol. The molecule has 8 heteroatoms. The van der Waals surface area contributed by atoms with Gasteiger partial charge in [-0.05, 0) is 43.7 Å². The van der Waals surface area contributed by atoms with Gasteiger partial charge in [-0.3, -0.25) is 14.3 Å². The zero-order chi connectivity index (χ0) is 21.4. The lowest BCUT2D eigenvalue weighted by Crippen LogP contribution is -2.33. The number of halogens is 1. The number of ether oxygens (including phenoxy) is 1. The van der Waals surface area contributed by atoms with Crippen molar-refractivity contribution in [3.8, 4) is 5.75 Å². The van der Waals surface area contributed by atoms with Gasteiger partial charge in [0.1, 0.15) is 10.9 Å². The minimum atomic E-state index is -0.299. The van der Waals surface area contributed by atoms with E-state index in [2.05, 4.69) is 17.3 Å². The van der Waals surface area contributed by atoms with Crippen molar-refractivity contribution in [2.75, 3.05) is 26.0 Å². The number of amides is 2. The zero-order valence-corrected chi connectivity index (χ0v) is 18.0. The maximum Gasteiger partial charge on any atom is 0.246 e. The molecule has 1 N–H and O–H groups in total. The molecule has 0 saturated heterocycles. The van der Waals surface area contributed by atoms with Crippen LogP contribution in [0.1, 0.15) is 31.0 Å². The van der Waals surface area contributed by atoms with Gasteiger partial charge in [0.05, 0.1) is 19.3 Å². The molecule has 0 unspecified atom stereocenters. The van der Waals surface area contributed by atoms with Gasteiger partial charge in [0.2, 0.25) is 11.8 Å². The van der Waals surface area contributed by atoms with Gasteiger partial charge in [-0.2, -0.15) is 5.10 Å². The summed E-state index contributed by atoms with van der Waals surface area (Å²) < 4.78 is 6.83. The summed E-state index contributed by atoms with van der Waals surface area (Å²) >= 11 is 6.38. The molecule has 1 heterocycles. The van der Waals surface area contributed by atoms with Crippen molar-refractivity contribution in [1.82, 2.24) is 14.7 Å². The molecule has 1 aromatic heterocycles. The SMILES string of the molecule is CCCCn1nc(C)c(/C=C/C(=O)N(C)CC(=O)Nc2ccc(OC)cc2)c1Cl. The molecule has 1 aromatic carbocycles. The predicted octanol–water partition coefficient (Wildman–Crippen LogP) is 3.76. The Hall–Kier alpha value is -2.80. The second-order valence-corrected chi connectivity index (χ2v) is 7.03. The average Bonchev–Trinajstić information content (AvgIpc) is 2.97. The number of carbonyl (C=O) groups excluding carboxylic acids is 2.